The maximum atomic E-state index is 12.2. The predicted octanol–water partition coefficient (Wildman–Crippen LogP) is 1.51. The van der Waals surface area contributed by atoms with E-state index >= 15 is 0 Å². The molecule has 3 aliphatic rings. The van der Waals surface area contributed by atoms with Crippen LogP contribution in [0.2, 0.25) is 0 Å². The van der Waals surface area contributed by atoms with Crippen molar-refractivity contribution >= 4 is 10.1 Å². The Bertz CT molecular complexity index is 546. The molecule has 0 amide bonds. The maximum absolute atomic E-state index is 12.2. The zero-order chi connectivity index (χ0) is 14.8. The molecule has 0 unspecified atom stereocenters. The van der Waals surface area contributed by atoms with Crippen LogP contribution in [0, 0.1) is 0 Å². The molecule has 2 fully saturated rings. The third-order valence-electron chi connectivity index (χ3n) is 4.74. The standard InChI is InChI=1S/C14H22O5S/c1-12(2,3)20(16,17)18-11-9-14-7-5-4-6-13(14,19-14)8-10(11)15/h4-5,10-11,15H,6-9H2,1-3H3/t10-,11-,13+,14-/m0/s1. The van der Waals surface area contributed by atoms with E-state index in [1.807, 2.05) is 0 Å². The van der Waals surface area contributed by atoms with E-state index in [1.165, 1.54) is 0 Å². The van der Waals surface area contributed by atoms with Gasteiger partial charge in [-0.15, -0.1) is 0 Å². The molecule has 0 aromatic heterocycles. The fraction of sp³-hybridized carbons (Fsp3) is 0.857. The number of epoxide rings is 1. The van der Waals surface area contributed by atoms with Crippen LogP contribution in [-0.4, -0.2) is 41.7 Å². The molecule has 2 aliphatic carbocycles. The number of aliphatic hydroxyl groups is 1. The number of rotatable bonds is 2. The normalized spacial score (nSPS) is 43.8. The Labute approximate surface area is 120 Å². The first-order valence-electron chi connectivity index (χ1n) is 7.07. The molecule has 3 rings (SSSR count). The fourth-order valence-corrected chi connectivity index (χ4v) is 4.12. The van der Waals surface area contributed by atoms with Gasteiger partial charge in [-0.05, 0) is 33.6 Å². The number of ether oxygens (including phenoxy) is 1. The van der Waals surface area contributed by atoms with E-state index in [2.05, 4.69) is 12.2 Å². The summed E-state index contributed by atoms with van der Waals surface area (Å²) < 4.78 is 34.5. The molecule has 4 atom stereocenters. The van der Waals surface area contributed by atoms with Crippen molar-refractivity contribution in [3.63, 3.8) is 0 Å². The van der Waals surface area contributed by atoms with Crippen molar-refractivity contribution in [3.05, 3.63) is 12.2 Å². The molecule has 20 heavy (non-hydrogen) atoms. The summed E-state index contributed by atoms with van der Waals surface area (Å²) in [6.07, 6.45) is 5.09. The van der Waals surface area contributed by atoms with Gasteiger partial charge in [0.25, 0.3) is 10.1 Å². The number of hydrogen-bond donors (Lipinski definition) is 1. The van der Waals surface area contributed by atoms with E-state index in [0.29, 0.717) is 12.8 Å². The van der Waals surface area contributed by atoms with Crippen LogP contribution in [0.15, 0.2) is 12.2 Å². The third kappa shape index (κ3) is 1.96. The van der Waals surface area contributed by atoms with Crippen LogP contribution >= 0.6 is 0 Å². The maximum Gasteiger partial charge on any atom is 0.272 e. The Balaban J connectivity index is 1.79. The van der Waals surface area contributed by atoms with Crippen molar-refractivity contribution < 1.29 is 22.4 Å². The smallest absolute Gasteiger partial charge is 0.272 e. The van der Waals surface area contributed by atoms with Crippen LogP contribution in [-0.2, 0) is 19.0 Å². The van der Waals surface area contributed by atoms with Gasteiger partial charge in [0.1, 0.15) is 17.3 Å². The highest BCUT2D eigenvalue weighted by molar-refractivity contribution is 7.88. The van der Waals surface area contributed by atoms with Crippen LogP contribution in [0.4, 0.5) is 0 Å². The van der Waals surface area contributed by atoms with Gasteiger partial charge in [0, 0.05) is 12.8 Å². The van der Waals surface area contributed by atoms with Gasteiger partial charge in [-0.25, -0.2) is 0 Å². The minimum atomic E-state index is -3.71. The van der Waals surface area contributed by atoms with Crippen molar-refractivity contribution in [2.24, 2.45) is 0 Å². The van der Waals surface area contributed by atoms with Crippen LogP contribution in [0.3, 0.4) is 0 Å². The summed E-state index contributed by atoms with van der Waals surface area (Å²) in [6.45, 7) is 4.78. The lowest BCUT2D eigenvalue weighted by Crippen LogP contribution is -2.48. The summed E-state index contributed by atoms with van der Waals surface area (Å²) in [4.78, 5) is 0. The van der Waals surface area contributed by atoms with Crippen molar-refractivity contribution in [1.82, 2.24) is 0 Å². The molecular weight excluding hydrogens is 280 g/mol. The SMILES string of the molecule is CC(C)(C)S(=O)(=O)O[C@H]1C[C@@]23CC=CC[C@]2(C[C@@H]1O)O3. The molecule has 0 spiro atoms. The van der Waals surface area contributed by atoms with Gasteiger partial charge in [-0.3, -0.25) is 4.18 Å². The summed E-state index contributed by atoms with van der Waals surface area (Å²) in [5.41, 5.74) is -0.606. The molecule has 1 N–H and O–H groups in total. The zero-order valence-electron chi connectivity index (χ0n) is 12.1. The van der Waals surface area contributed by atoms with Crippen LogP contribution in [0.5, 0.6) is 0 Å². The molecule has 6 heteroatoms. The van der Waals surface area contributed by atoms with E-state index in [1.54, 1.807) is 20.8 Å². The Morgan fingerprint density at radius 3 is 2.30 bits per heavy atom. The van der Waals surface area contributed by atoms with Crippen molar-refractivity contribution in [2.75, 3.05) is 0 Å². The van der Waals surface area contributed by atoms with Gasteiger partial charge in [0.05, 0.1) is 10.9 Å². The van der Waals surface area contributed by atoms with Crippen molar-refractivity contribution in [1.29, 1.82) is 0 Å². The summed E-state index contributed by atoms with van der Waals surface area (Å²) in [7, 11) is -3.71. The van der Waals surface area contributed by atoms with Gasteiger partial charge >= 0.3 is 0 Å². The lowest BCUT2D eigenvalue weighted by Gasteiger charge is -2.36. The molecule has 0 bridgehead atoms. The Morgan fingerprint density at radius 2 is 1.75 bits per heavy atom. The van der Waals surface area contributed by atoms with Gasteiger partial charge in [-0.2, -0.15) is 8.42 Å². The average Bonchev–Trinajstić information content (AvgIpc) is 2.95. The summed E-state index contributed by atoms with van der Waals surface area (Å²) in [5.74, 6) is 0. The fourth-order valence-electron chi connectivity index (χ4n) is 3.31. The predicted molar refractivity (Wildman–Crippen MR) is 73.7 cm³/mol. The minimum absolute atomic E-state index is 0.285. The average molecular weight is 302 g/mol. The van der Waals surface area contributed by atoms with Gasteiger partial charge in [-0.1, -0.05) is 12.2 Å². The molecule has 1 aliphatic heterocycles. The Kier molecular flexibility index (Phi) is 2.95. The molecule has 1 saturated heterocycles. The molecule has 5 nitrogen and oxygen atoms in total. The van der Waals surface area contributed by atoms with Crippen molar-refractivity contribution in [3.8, 4) is 0 Å². The highest BCUT2D eigenvalue weighted by Gasteiger charge is 2.73. The van der Waals surface area contributed by atoms with E-state index in [-0.39, 0.29) is 11.2 Å². The molecule has 114 valence electrons. The molecule has 1 heterocycles. The number of aliphatic hydroxyl groups excluding tert-OH is 1. The number of hydrogen-bond acceptors (Lipinski definition) is 5. The van der Waals surface area contributed by atoms with E-state index in [9.17, 15) is 13.5 Å². The zero-order valence-corrected chi connectivity index (χ0v) is 12.9. The first kappa shape index (κ1) is 14.5. The molecule has 0 aromatic rings. The third-order valence-corrected chi connectivity index (χ3v) is 6.74. The second-order valence-corrected chi connectivity index (χ2v) is 9.47. The highest BCUT2D eigenvalue weighted by atomic mass is 32.2. The lowest BCUT2D eigenvalue weighted by molar-refractivity contribution is -0.00448. The van der Waals surface area contributed by atoms with Crippen LogP contribution in [0.25, 0.3) is 0 Å². The summed E-state index contributed by atoms with van der Waals surface area (Å²) in [6, 6.07) is 0. The first-order chi connectivity index (χ1) is 9.11. The van der Waals surface area contributed by atoms with E-state index < -0.39 is 27.1 Å². The molecular formula is C14H22O5S. The van der Waals surface area contributed by atoms with Gasteiger partial charge in [0.15, 0.2) is 0 Å². The Hall–Kier alpha value is -0.430. The second kappa shape index (κ2) is 4.06. The van der Waals surface area contributed by atoms with Gasteiger partial charge < -0.3 is 9.84 Å². The molecule has 1 saturated carbocycles. The molecule has 0 radical (unpaired) electrons. The summed E-state index contributed by atoms with van der Waals surface area (Å²) in [5, 5.41) is 10.2. The van der Waals surface area contributed by atoms with Crippen LogP contribution in [0.1, 0.15) is 46.5 Å². The van der Waals surface area contributed by atoms with E-state index in [0.717, 1.165) is 12.8 Å². The van der Waals surface area contributed by atoms with Gasteiger partial charge in [0.2, 0.25) is 0 Å². The van der Waals surface area contributed by atoms with E-state index in [4.69, 9.17) is 8.92 Å². The lowest BCUT2D eigenvalue weighted by atomic mass is 9.71. The molecule has 0 aromatic carbocycles. The minimum Gasteiger partial charge on any atom is -0.390 e. The Morgan fingerprint density at radius 1 is 1.20 bits per heavy atom. The summed E-state index contributed by atoms with van der Waals surface area (Å²) >= 11 is 0. The second-order valence-electron chi connectivity index (χ2n) is 7.15. The van der Waals surface area contributed by atoms with Crippen molar-refractivity contribution in [2.45, 2.75) is 74.6 Å². The monoisotopic (exact) mass is 302 g/mol. The topological polar surface area (TPSA) is 76.1 Å². The van der Waals surface area contributed by atoms with Crippen LogP contribution < -0.4 is 0 Å². The largest absolute Gasteiger partial charge is 0.390 e. The quantitative estimate of drug-likeness (QED) is 0.475. The first-order valence-corrected chi connectivity index (χ1v) is 8.48. The highest BCUT2D eigenvalue weighted by Crippen LogP contribution is 2.63.